The second kappa shape index (κ2) is 7.53. The average Bonchev–Trinajstić information content (AvgIpc) is 2.70. The normalized spacial score (nSPS) is 14.0. The van der Waals surface area contributed by atoms with Crippen LogP contribution >= 0.6 is 11.3 Å². The van der Waals surface area contributed by atoms with Crippen LogP contribution < -0.4 is 5.32 Å². The third-order valence-corrected chi connectivity index (χ3v) is 4.36. The average molecular weight is 298 g/mol. The van der Waals surface area contributed by atoms with Crippen LogP contribution in [0.3, 0.4) is 0 Å². The number of aryl methyl sites for hydroxylation is 1. The van der Waals surface area contributed by atoms with E-state index in [1.807, 2.05) is 0 Å². The molecule has 1 rings (SSSR count). The van der Waals surface area contributed by atoms with Gasteiger partial charge in [-0.05, 0) is 24.3 Å². The third kappa shape index (κ3) is 4.83. The molecule has 1 atom stereocenters. The van der Waals surface area contributed by atoms with Crippen molar-refractivity contribution < 1.29 is 4.74 Å². The molecule has 0 amide bonds. The highest BCUT2D eigenvalue weighted by atomic mass is 32.1. The second-order valence-electron chi connectivity index (χ2n) is 6.78. The predicted octanol–water partition coefficient (Wildman–Crippen LogP) is 4.18. The third-order valence-electron chi connectivity index (χ3n) is 3.21. The molecule has 3 nitrogen and oxygen atoms in total. The van der Waals surface area contributed by atoms with Crippen molar-refractivity contribution in [1.29, 1.82) is 0 Å². The van der Waals surface area contributed by atoms with Crippen molar-refractivity contribution in [3.05, 3.63) is 15.6 Å². The Morgan fingerprint density at radius 3 is 2.40 bits per heavy atom. The number of nitrogens with zero attached hydrogens (tertiary/aromatic N) is 1. The molecular formula is C16H30N2OS. The Hall–Kier alpha value is -0.450. The summed E-state index contributed by atoms with van der Waals surface area (Å²) in [7, 11) is 1.78. The molecule has 1 N–H and O–H groups in total. The summed E-state index contributed by atoms with van der Waals surface area (Å²) in [5.41, 5.74) is 1.29. The van der Waals surface area contributed by atoms with E-state index < -0.39 is 0 Å². The lowest BCUT2D eigenvalue weighted by molar-refractivity contribution is 0.0150. The van der Waals surface area contributed by atoms with Gasteiger partial charge in [-0.1, -0.05) is 41.5 Å². The maximum Gasteiger partial charge on any atom is 0.123 e. The number of ether oxygens (including phenoxy) is 1. The van der Waals surface area contributed by atoms with Gasteiger partial charge in [-0.3, -0.25) is 0 Å². The molecule has 1 aromatic heterocycles. The van der Waals surface area contributed by atoms with E-state index in [4.69, 9.17) is 9.72 Å². The Kier molecular flexibility index (Phi) is 6.62. The lowest BCUT2D eigenvalue weighted by Gasteiger charge is -2.27. The minimum Gasteiger partial charge on any atom is -0.374 e. The summed E-state index contributed by atoms with van der Waals surface area (Å²) in [4.78, 5) is 6.17. The van der Waals surface area contributed by atoms with Crippen molar-refractivity contribution in [2.75, 3.05) is 13.7 Å². The van der Waals surface area contributed by atoms with Gasteiger partial charge in [-0.15, -0.1) is 11.3 Å². The number of thiazole rings is 1. The van der Waals surface area contributed by atoms with Gasteiger partial charge in [-0.25, -0.2) is 4.98 Å². The van der Waals surface area contributed by atoms with Crippen LogP contribution in [0.2, 0.25) is 0 Å². The molecule has 0 aromatic carbocycles. The fraction of sp³-hybridized carbons (Fsp3) is 0.812. The highest BCUT2D eigenvalue weighted by Gasteiger charge is 2.29. The summed E-state index contributed by atoms with van der Waals surface area (Å²) >= 11 is 1.80. The predicted molar refractivity (Wildman–Crippen MR) is 87.2 cm³/mol. The first-order valence-electron chi connectivity index (χ1n) is 7.51. The topological polar surface area (TPSA) is 34.1 Å². The molecule has 0 saturated heterocycles. The monoisotopic (exact) mass is 298 g/mol. The van der Waals surface area contributed by atoms with Crippen molar-refractivity contribution in [2.24, 2.45) is 11.3 Å². The zero-order chi connectivity index (χ0) is 15.3. The van der Waals surface area contributed by atoms with Gasteiger partial charge < -0.3 is 10.1 Å². The molecule has 0 aliphatic carbocycles. The fourth-order valence-electron chi connectivity index (χ4n) is 2.23. The minimum absolute atomic E-state index is 0.0663. The highest BCUT2D eigenvalue weighted by molar-refractivity contribution is 7.11. The molecule has 0 aliphatic rings. The molecule has 0 fully saturated rings. The van der Waals surface area contributed by atoms with Crippen molar-refractivity contribution in [2.45, 2.75) is 60.6 Å². The van der Waals surface area contributed by atoms with E-state index in [0.717, 1.165) is 24.5 Å². The van der Waals surface area contributed by atoms with Gasteiger partial charge in [0, 0.05) is 18.5 Å². The Labute approximate surface area is 128 Å². The van der Waals surface area contributed by atoms with Crippen LogP contribution in [-0.4, -0.2) is 18.6 Å². The SMILES string of the molecule is CCc1nc(C(OC)C(C)(C)C)sc1CNCC(C)C. The number of methoxy groups -OCH3 is 1. The van der Waals surface area contributed by atoms with Crippen LogP contribution in [0, 0.1) is 11.3 Å². The van der Waals surface area contributed by atoms with E-state index in [-0.39, 0.29) is 11.5 Å². The van der Waals surface area contributed by atoms with Crippen LogP contribution in [0.15, 0.2) is 0 Å². The molecule has 0 aliphatic heterocycles. The van der Waals surface area contributed by atoms with Crippen LogP contribution in [0.4, 0.5) is 0 Å². The summed E-state index contributed by atoms with van der Waals surface area (Å²) in [5, 5.41) is 4.62. The van der Waals surface area contributed by atoms with Gasteiger partial charge in [0.2, 0.25) is 0 Å². The van der Waals surface area contributed by atoms with E-state index in [9.17, 15) is 0 Å². The van der Waals surface area contributed by atoms with Gasteiger partial charge in [-0.2, -0.15) is 0 Å². The lowest BCUT2D eigenvalue weighted by Crippen LogP contribution is -2.20. The molecule has 1 heterocycles. The lowest BCUT2D eigenvalue weighted by atomic mass is 9.89. The number of rotatable bonds is 7. The summed E-state index contributed by atoms with van der Waals surface area (Å²) in [5.74, 6) is 0.675. The summed E-state index contributed by atoms with van der Waals surface area (Å²) in [6.45, 7) is 15.2. The van der Waals surface area contributed by atoms with Gasteiger partial charge in [0.15, 0.2) is 0 Å². The Bertz CT molecular complexity index is 407. The molecular weight excluding hydrogens is 268 g/mol. The molecule has 20 heavy (non-hydrogen) atoms. The summed E-state index contributed by atoms with van der Waals surface area (Å²) in [6.07, 6.45) is 1.05. The van der Waals surface area contributed by atoms with Crippen LogP contribution in [-0.2, 0) is 17.7 Å². The first-order valence-corrected chi connectivity index (χ1v) is 8.33. The fourth-order valence-corrected chi connectivity index (χ4v) is 3.68. The van der Waals surface area contributed by atoms with E-state index in [2.05, 4.69) is 46.9 Å². The van der Waals surface area contributed by atoms with Crippen molar-refractivity contribution in [1.82, 2.24) is 10.3 Å². The molecule has 0 bridgehead atoms. The van der Waals surface area contributed by atoms with Crippen molar-refractivity contribution in [3.8, 4) is 0 Å². The van der Waals surface area contributed by atoms with Crippen LogP contribution in [0.25, 0.3) is 0 Å². The van der Waals surface area contributed by atoms with Crippen LogP contribution in [0.5, 0.6) is 0 Å². The summed E-state index contributed by atoms with van der Waals surface area (Å²) < 4.78 is 5.68. The zero-order valence-corrected chi connectivity index (χ0v) is 14.9. The van der Waals surface area contributed by atoms with Gasteiger partial charge in [0.25, 0.3) is 0 Å². The number of hydrogen-bond donors (Lipinski definition) is 1. The molecule has 1 aromatic rings. The van der Waals surface area contributed by atoms with Gasteiger partial charge >= 0.3 is 0 Å². The van der Waals surface area contributed by atoms with E-state index in [1.165, 1.54) is 10.6 Å². The smallest absolute Gasteiger partial charge is 0.123 e. The van der Waals surface area contributed by atoms with Gasteiger partial charge in [0.1, 0.15) is 11.1 Å². The van der Waals surface area contributed by atoms with Crippen molar-refractivity contribution in [3.63, 3.8) is 0 Å². The standard InChI is InChI=1S/C16H30N2OS/c1-8-12-13(10-17-9-11(2)3)20-15(18-12)14(19-7)16(4,5)6/h11,14,17H,8-10H2,1-7H3. The quantitative estimate of drug-likeness (QED) is 0.820. The minimum atomic E-state index is 0.0663. The van der Waals surface area contributed by atoms with Crippen molar-refractivity contribution >= 4 is 11.3 Å². The highest BCUT2D eigenvalue weighted by Crippen LogP contribution is 2.38. The Morgan fingerprint density at radius 1 is 1.30 bits per heavy atom. The van der Waals surface area contributed by atoms with E-state index in [0.29, 0.717) is 5.92 Å². The second-order valence-corrected chi connectivity index (χ2v) is 7.90. The molecule has 116 valence electrons. The largest absolute Gasteiger partial charge is 0.374 e. The first kappa shape index (κ1) is 17.6. The summed E-state index contributed by atoms with van der Waals surface area (Å²) in [6, 6.07) is 0. The van der Waals surface area contributed by atoms with E-state index in [1.54, 1.807) is 18.4 Å². The number of nitrogens with one attached hydrogen (secondary N) is 1. The Balaban J connectivity index is 2.87. The zero-order valence-electron chi connectivity index (χ0n) is 14.0. The molecule has 4 heteroatoms. The maximum atomic E-state index is 5.68. The number of aromatic nitrogens is 1. The molecule has 0 radical (unpaired) electrons. The maximum absolute atomic E-state index is 5.68. The van der Waals surface area contributed by atoms with Gasteiger partial charge in [0.05, 0.1) is 5.69 Å². The number of hydrogen-bond acceptors (Lipinski definition) is 4. The first-order chi connectivity index (χ1) is 9.29. The van der Waals surface area contributed by atoms with Crippen LogP contribution in [0.1, 0.15) is 63.2 Å². The molecule has 1 unspecified atom stereocenters. The molecule has 0 spiro atoms. The molecule has 0 saturated carbocycles. The Morgan fingerprint density at radius 2 is 1.95 bits per heavy atom. The van der Waals surface area contributed by atoms with E-state index >= 15 is 0 Å².